The van der Waals surface area contributed by atoms with Gasteiger partial charge in [-0.25, -0.2) is 0 Å². The lowest BCUT2D eigenvalue weighted by atomic mass is 9.47. The van der Waals surface area contributed by atoms with Crippen LogP contribution in [0.15, 0.2) is 42.5 Å². The zero-order valence-electron chi connectivity index (χ0n) is 47.3. The van der Waals surface area contributed by atoms with E-state index in [1.807, 2.05) is 15.9 Å². The second kappa shape index (κ2) is 23.9. The van der Waals surface area contributed by atoms with Crippen LogP contribution in [0.2, 0.25) is 0 Å². The number of amides is 9. The SMILES string of the molecule is CN1CC[C@H]2CC[C@@H](C(=O)N[C@@H](CCC(N)=O)C(=O)N[C@H](C(=O)N3CCC(CCC#Cc4cccc5c4CN(C4CCC(=O)NC4=O)C5=O)CC3)C34CC5CC(CC(C5)C3)C4)N2C(=O)[C@@H](NC(=O)c2cc3cc(C(F)(F)P(=O)(O)O)ccc3s2)C1. The number of likely N-dealkylation sites (N-methyl/N-ethyl adjacent to an activating group) is 1. The fourth-order valence-electron chi connectivity index (χ4n) is 15.5. The third-order valence-corrected chi connectivity index (χ3v) is 21.5. The van der Waals surface area contributed by atoms with Crippen molar-refractivity contribution < 1.29 is 66.3 Å². The first-order valence-electron chi connectivity index (χ1n) is 29.7. The average molecular weight is 1210 g/mol. The van der Waals surface area contributed by atoms with Crippen molar-refractivity contribution in [3.05, 3.63) is 69.6 Å². The number of hydrogen-bond acceptors (Lipinski definition) is 12. The molecule has 85 heavy (non-hydrogen) atoms. The molecule has 0 spiro atoms. The summed E-state index contributed by atoms with van der Waals surface area (Å²) in [4.78, 5) is 149. The smallest absolute Gasteiger partial charge is 0.370 e. The van der Waals surface area contributed by atoms with E-state index in [0.717, 1.165) is 86.8 Å². The van der Waals surface area contributed by atoms with Crippen LogP contribution in [0.5, 0.6) is 0 Å². The summed E-state index contributed by atoms with van der Waals surface area (Å²) in [7, 11) is -4.07. The highest BCUT2D eigenvalue weighted by molar-refractivity contribution is 7.52. The van der Waals surface area contributed by atoms with Gasteiger partial charge in [0.15, 0.2) is 0 Å². The molecule has 25 heteroatoms. The average Bonchev–Trinajstić information content (AvgIpc) is 1.70. The number of carbonyl (C=O) groups is 9. The minimum atomic E-state index is -5.86. The number of rotatable bonds is 16. The highest BCUT2D eigenvalue weighted by atomic mass is 32.1. The Morgan fingerprint density at radius 2 is 1.64 bits per heavy atom. The number of hydrogen-bond donors (Lipinski definition) is 7. The predicted octanol–water partition coefficient (Wildman–Crippen LogP) is 4.20. The Morgan fingerprint density at radius 1 is 0.918 bits per heavy atom. The first kappa shape index (κ1) is 60.1. The highest BCUT2D eigenvalue weighted by Crippen LogP contribution is 2.62. The van der Waals surface area contributed by atoms with E-state index >= 15 is 4.79 Å². The van der Waals surface area contributed by atoms with Gasteiger partial charge >= 0.3 is 13.3 Å². The number of likely N-dealkylation sites (tertiary alicyclic amines) is 1. The van der Waals surface area contributed by atoms with Crippen LogP contribution in [0, 0.1) is 40.9 Å². The Kier molecular flexibility index (Phi) is 16.9. The maximum atomic E-state index is 15.2. The Morgan fingerprint density at radius 3 is 2.32 bits per heavy atom. The molecule has 8 N–H and O–H groups in total. The van der Waals surface area contributed by atoms with Gasteiger partial charge in [0.1, 0.15) is 30.2 Å². The fraction of sp³-hybridized carbons (Fsp3) is 0.583. The molecule has 21 nitrogen and oxygen atoms in total. The lowest BCUT2D eigenvalue weighted by Crippen LogP contribution is -2.65. The summed E-state index contributed by atoms with van der Waals surface area (Å²) < 4.78 is 41.2. The standard InChI is InChI=1S/C60H72F2N9O12PS/c1-68-20-19-40-10-12-46(71(40)57(79)44(32-68)65-55(77)48-27-38-26-39(9-14-47(38)85-48)60(61,62)84(81,82)83)54(76)64-43(11-15-49(63)72)52(74)67-51(59-28-34-23-35(29-59)25-36(24-34)30-59)58(80)69-21-17-33(18-22-69)5-2-3-6-37-7-4-8-41-42(37)31-70(56(41)78)45-13-16-50(73)66-53(45)75/h4,7-9,14,26-27,33-36,40,43-46,51H,2,5,10-13,15-25,28-32H2,1H3,(H2,63,72)(H,64,76)(H,65,77)(H,67,74)(H,66,73,75)(H2,81,82,83)/t34?,35?,36?,40-,43+,44+,45?,46+,51-,59?/m1/s1. The molecule has 1 unspecified atom stereocenters. The molecular weight excluding hydrogens is 1140 g/mol. The first-order valence-corrected chi connectivity index (χ1v) is 32.1. The number of fused-ring (bicyclic) bond motifs is 3. The van der Waals surface area contributed by atoms with E-state index in [4.69, 9.17) is 5.73 Å². The summed E-state index contributed by atoms with van der Waals surface area (Å²) in [6.07, 6.45) is 9.60. The lowest BCUT2D eigenvalue weighted by Gasteiger charge is -2.59. The van der Waals surface area contributed by atoms with E-state index in [2.05, 4.69) is 33.1 Å². The van der Waals surface area contributed by atoms with Crippen LogP contribution in [0.1, 0.15) is 146 Å². The van der Waals surface area contributed by atoms with Gasteiger partial charge in [-0.1, -0.05) is 24.0 Å². The monoisotopic (exact) mass is 1210 g/mol. The third-order valence-electron chi connectivity index (χ3n) is 19.4. The number of halogens is 2. The van der Waals surface area contributed by atoms with Crippen molar-refractivity contribution in [1.82, 2.24) is 40.9 Å². The van der Waals surface area contributed by atoms with Gasteiger partial charge in [0.25, 0.3) is 11.8 Å². The van der Waals surface area contributed by atoms with Gasteiger partial charge in [-0.2, -0.15) is 8.78 Å². The number of imide groups is 1. The maximum absolute atomic E-state index is 15.2. The molecule has 5 aliphatic heterocycles. The molecule has 6 heterocycles. The van der Waals surface area contributed by atoms with E-state index < -0.39 is 95.9 Å². The first-order chi connectivity index (χ1) is 40.4. The van der Waals surface area contributed by atoms with Gasteiger partial charge < -0.3 is 51.1 Å². The molecule has 9 amide bonds. The van der Waals surface area contributed by atoms with Crippen LogP contribution < -0.4 is 27.0 Å². The molecule has 2 aromatic carbocycles. The van der Waals surface area contributed by atoms with Crippen molar-refractivity contribution in [3.63, 3.8) is 0 Å². The van der Waals surface area contributed by atoms with Crippen LogP contribution in [0.4, 0.5) is 8.78 Å². The van der Waals surface area contributed by atoms with E-state index in [9.17, 15) is 61.5 Å². The molecule has 4 bridgehead atoms. The summed E-state index contributed by atoms with van der Waals surface area (Å²) in [6.45, 7) is 1.73. The summed E-state index contributed by atoms with van der Waals surface area (Å²) in [6, 6.07) is 4.11. The van der Waals surface area contributed by atoms with Gasteiger partial charge in [0, 0.05) is 78.3 Å². The number of piperidine rings is 2. The number of alkyl halides is 2. The molecule has 454 valence electrons. The van der Waals surface area contributed by atoms with Crippen molar-refractivity contribution >= 4 is 82.2 Å². The number of nitrogens with one attached hydrogen (secondary N) is 4. The molecule has 8 fully saturated rings. The Bertz CT molecular complexity index is 3320. The molecule has 4 saturated carbocycles. The van der Waals surface area contributed by atoms with Crippen LogP contribution in [-0.4, -0.2) is 152 Å². The molecule has 4 aliphatic carbocycles. The van der Waals surface area contributed by atoms with E-state index in [0.29, 0.717) is 72.5 Å². The number of benzene rings is 2. The van der Waals surface area contributed by atoms with Gasteiger partial charge in [-0.15, -0.1) is 11.3 Å². The molecule has 6 atom stereocenters. The molecule has 4 saturated heterocycles. The number of carbonyl (C=O) groups excluding carboxylic acids is 9. The summed E-state index contributed by atoms with van der Waals surface area (Å²) in [5.41, 5.74) is 1.73. The normalized spacial score (nSPS) is 27.7. The van der Waals surface area contributed by atoms with Crippen molar-refractivity contribution in [2.75, 3.05) is 33.2 Å². The topological polar surface area (TPSA) is 298 Å². The number of nitrogens with zero attached hydrogens (tertiary/aromatic N) is 4. The highest BCUT2D eigenvalue weighted by Gasteiger charge is 2.58. The van der Waals surface area contributed by atoms with Crippen molar-refractivity contribution in [2.45, 2.75) is 158 Å². The van der Waals surface area contributed by atoms with Gasteiger partial charge in [-0.05, 0) is 168 Å². The van der Waals surface area contributed by atoms with Crippen LogP contribution in [0.3, 0.4) is 0 Å². The molecule has 0 radical (unpaired) electrons. The molecule has 3 aromatic rings. The molecular formula is C60H72F2N9O12PS. The van der Waals surface area contributed by atoms with Crippen molar-refractivity contribution in [2.24, 2.45) is 34.8 Å². The minimum absolute atomic E-state index is 0.0464. The second-order valence-corrected chi connectivity index (χ2v) is 27.9. The number of primary amides is 1. The summed E-state index contributed by atoms with van der Waals surface area (Å²) in [5, 5.41) is 11.3. The Balaban J connectivity index is 0.753. The van der Waals surface area contributed by atoms with E-state index in [1.165, 1.54) is 21.9 Å². The van der Waals surface area contributed by atoms with Gasteiger partial charge in [0.05, 0.1) is 4.88 Å². The number of nitrogens with two attached hydrogens (primary N) is 1. The van der Waals surface area contributed by atoms with Crippen molar-refractivity contribution in [3.8, 4) is 11.8 Å². The largest absolute Gasteiger partial charge is 0.399 e. The zero-order chi connectivity index (χ0) is 60.3. The van der Waals surface area contributed by atoms with Gasteiger partial charge in [0.2, 0.25) is 41.4 Å². The third kappa shape index (κ3) is 12.3. The van der Waals surface area contributed by atoms with E-state index in [1.54, 1.807) is 19.2 Å². The lowest BCUT2D eigenvalue weighted by molar-refractivity contribution is -0.151. The van der Waals surface area contributed by atoms with Crippen molar-refractivity contribution in [1.29, 1.82) is 0 Å². The van der Waals surface area contributed by atoms with Crippen LogP contribution >= 0.6 is 18.9 Å². The quantitative estimate of drug-likeness (QED) is 0.0602. The molecule has 9 aliphatic rings. The Labute approximate surface area is 494 Å². The van der Waals surface area contributed by atoms with E-state index in [-0.39, 0.29) is 79.1 Å². The second-order valence-electron chi connectivity index (χ2n) is 25.1. The maximum Gasteiger partial charge on any atom is 0.399 e. The van der Waals surface area contributed by atoms with Gasteiger partial charge in [-0.3, -0.25) is 53.0 Å². The Hall–Kier alpha value is -6.64. The number of thiophene rings is 1. The minimum Gasteiger partial charge on any atom is -0.370 e. The summed E-state index contributed by atoms with van der Waals surface area (Å²) in [5.74, 6) is 3.63. The van der Waals surface area contributed by atoms with Crippen LogP contribution in [0.25, 0.3) is 10.1 Å². The molecule has 12 rings (SSSR count). The zero-order valence-corrected chi connectivity index (χ0v) is 49.0. The predicted molar refractivity (Wildman–Crippen MR) is 306 cm³/mol. The van der Waals surface area contributed by atoms with Crippen LogP contribution in [-0.2, 0) is 50.3 Å². The fourth-order valence-corrected chi connectivity index (χ4v) is 16.9. The summed E-state index contributed by atoms with van der Waals surface area (Å²) >= 11 is 0.938. The molecule has 1 aromatic heterocycles.